The van der Waals surface area contributed by atoms with E-state index in [1.165, 1.54) is 4.88 Å². The van der Waals surface area contributed by atoms with Crippen LogP contribution in [0.1, 0.15) is 10.7 Å². The minimum absolute atomic E-state index is 0.724. The molecule has 0 fully saturated rings. The highest BCUT2D eigenvalue weighted by molar-refractivity contribution is 7.98. The lowest BCUT2D eigenvalue weighted by Gasteiger charge is -2.05. The van der Waals surface area contributed by atoms with Crippen molar-refractivity contribution in [2.24, 2.45) is 0 Å². The molecule has 0 unspecified atom stereocenters. The van der Waals surface area contributed by atoms with Crippen molar-refractivity contribution in [1.82, 2.24) is 9.97 Å². The van der Waals surface area contributed by atoms with E-state index in [0.29, 0.717) is 0 Å². The molecule has 0 spiro atoms. The second-order valence-corrected chi connectivity index (χ2v) is 7.28. The van der Waals surface area contributed by atoms with Crippen molar-refractivity contribution in [2.45, 2.75) is 17.6 Å². The van der Waals surface area contributed by atoms with Crippen molar-refractivity contribution < 1.29 is 0 Å². The molecule has 1 N–H and O–H groups in total. The molecule has 2 heterocycles. The summed E-state index contributed by atoms with van der Waals surface area (Å²) in [4.78, 5) is 12.7. The van der Waals surface area contributed by atoms with Crippen LogP contribution in [0.3, 0.4) is 0 Å². The predicted octanol–water partition coefficient (Wildman–Crippen LogP) is 4.99. The Labute approximate surface area is 136 Å². The Kier molecular flexibility index (Phi) is 4.33. The highest BCUT2D eigenvalue weighted by Gasteiger charge is 2.10. The third-order valence-electron chi connectivity index (χ3n) is 2.96. The Morgan fingerprint density at radius 1 is 1.29 bits per heavy atom. The number of hydrogen-bond donors (Lipinski definition) is 1. The molecule has 0 bridgehead atoms. The molecule has 0 aliphatic rings. The molecule has 21 heavy (non-hydrogen) atoms. The maximum atomic E-state index is 6.00. The first-order valence-electron chi connectivity index (χ1n) is 6.49. The Balaban J connectivity index is 1.86. The normalized spacial score (nSPS) is 11.0. The largest absolute Gasteiger partial charge is 0.372 e. The van der Waals surface area contributed by atoms with E-state index < -0.39 is 0 Å². The first-order valence-corrected chi connectivity index (χ1v) is 8.67. The number of aryl methyl sites for hydroxylation is 1. The van der Waals surface area contributed by atoms with Crippen molar-refractivity contribution in [2.75, 3.05) is 12.4 Å². The van der Waals surface area contributed by atoms with Crippen LogP contribution in [0.15, 0.2) is 35.2 Å². The summed E-state index contributed by atoms with van der Waals surface area (Å²) in [6.07, 6.45) is 0. The summed E-state index contributed by atoms with van der Waals surface area (Å²) in [5.41, 5.74) is 0. The van der Waals surface area contributed by atoms with Gasteiger partial charge in [-0.25, -0.2) is 9.97 Å². The van der Waals surface area contributed by atoms with Crippen LogP contribution in [0, 0.1) is 6.92 Å². The van der Waals surface area contributed by atoms with Crippen LogP contribution in [0.25, 0.3) is 10.2 Å². The molecule has 0 aliphatic heterocycles. The Bertz CT molecular complexity index is 786. The third-order valence-corrected chi connectivity index (χ3v) is 5.13. The van der Waals surface area contributed by atoms with Gasteiger partial charge < -0.3 is 5.32 Å². The summed E-state index contributed by atoms with van der Waals surface area (Å²) >= 11 is 9.39. The number of aromatic nitrogens is 2. The number of thioether (sulfide) groups is 1. The van der Waals surface area contributed by atoms with Gasteiger partial charge in [0.2, 0.25) is 0 Å². The second-order valence-electron chi connectivity index (χ2n) is 4.56. The minimum atomic E-state index is 0.724. The lowest BCUT2D eigenvalue weighted by Crippen LogP contribution is -1.99. The maximum Gasteiger partial charge on any atom is 0.142 e. The fourth-order valence-electron chi connectivity index (χ4n) is 2.05. The molecule has 6 heteroatoms. The highest BCUT2D eigenvalue weighted by atomic mass is 35.5. The van der Waals surface area contributed by atoms with Gasteiger partial charge in [0.25, 0.3) is 0 Å². The lowest BCUT2D eigenvalue weighted by atomic mass is 10.3. The van der Waals surface area contributed by atoms with Crippen molar-refractivity contribution in [3.05, 3.63) is 46.1 Å². The zero-order valence-corrected chi connectivity index (χ0v) is 14.1. The number of benzene rings is 1. The van der Waals surface area contributed by atoms with Gasteiger partial charge in [0.1, 0.15) is 16.5 Å². The molecule has 1 aromatic carbocycles. The molecule has 3 rings (SSSR count). The van der Waals surface area contributed by atoms with Crippen LogP contribution in [0.5, 0.6) is 0 Å². The van der Waals surface area contributed by atoms with Crippen molar-refractivity contribution in [1.29, 1.82) is 0 Å². The predicted molar refractivity (Wildman–Crippen MR) is 92.7 cm³/mol. The lowest BCUT2D eigenvalue weighted by molar-refractivity contribution is 1.07. The van der Waals surface area contributed by atoms with Gasteiger partial charge in [-0.15, -0.1) is 23.1 Å². The number of fused-ring (bicyclic) bond motifs is 1. The molecule has 0 aliphatic carbocycles. The van der Waals surface area contributed by atoms with E-state index in [2.05, 4.69) is 28.3 Å². The van der Waals surface area contributed by atoms with Crippen molar-refractivity contribution in [3.63, 3.8) is 0 Å². The van der Waals surface area contributed by atoms with Crippen LogP contribution in [-0.2, 0) is 5.75 Å². The van der Waals surface area contributed by atoms with E-state index in [1.807, 2.05) is 31.3 Å². The average molecular weight is 336 g/mol. The van der Waals surface area contributed by atoms with Crippen LogP contribution in [0.2, 0.25) is 5.02 Å². The zero-order chi connectivity index (χ0) is 14.8. The maximum absolute atomic E-state index is 6.00. The molecule has 0 atom stereocenters. The first kappa shape index (κ1) is 14.6. The molecule has 0 radical (unpaired) electrons. The van der Waals surface area contributed by atoms with Crippen LogP contribution >= 0.6 is 34.7 Å². The first-order chi connectivity index (χ1) is 10.2. The molecule has 0 amide bonds. The van der Waals surface area contributed by atoms with Gasteiger partial charge in [-0.05, 0) is 31.2 Å². The van der Waals surface area contributed by atoms with E-state index in [9.17, 15) is 0 Å². The number of anilines is 1. The SMILES string of the molecule is CNc1nc(CSc2cccc(Cl)c2)nc2sc(C)cc12. The van der Waals surface area contributed by atoms with E-state index >= 15 is 0 Å². The number of rotatable bonds is 4. The molecule has 3 aromatic rings. The van der Waals surface area contributed by atoms with Gasteiger partial charge in [-0.2, -0.15) is 0 Å². The number of nitrogens with one attached hydrogen (secondary N) is 1. The van der Waals surface area contributed by atoms with Crippen molar-refractivity contribution >= 4 is 50.7 Å². The van der Waals surface area contributed by atoms with Crippen LogP contribution < -0.4 is 5.32 Å². The van der Waals surface area contributed by atoms with E-state index in [0.717, 1.165) is 37.5 Å². The van der Waals surface area contributed by atoms with Crippen LogP contribution in [0.4, 0.5) is 5.82 Å². The number of hydrogen-bond acceptors (Lipinski definition) is 5. The summed E-state index contributed by atoms with van der Waals surface area (Å²) in [5, 5.41) is 5.00. The summed E-state index contributed by atoms with van der Waals surface area (Å²) in [7, 11) is 1.89. The third kappa shape index (κ3) is 3.31. The fourth-order valence-corrected chi connectivity index (χ4v) is 4.01. The molecule has 2 aromatic heterocycles. The molecule has 0 saturated carbocycles. The van der Waals surface area contributed by atoms with E-state index in [4.69, 9.17) is 11.6 Å². The standard InChI is InChI=1S/C15H14ClN3S2/c1-9-6-12-14(17-2)18-13(19-15(12)21-9)8-20-11-5-3-4-10(16)7-11/h3-7H,8H2,1-2H3,(H,17,18,19). The average Bonchev–Trinajstić information content (AvgIpc) is 2.84. The Morgan fingerprint density at radius 3 is 2.90 bits per heavy atom. The Morgan fingerprint density at radius 2 is 2.14 bits per heavy atom. The minimum Gasteiger partial charge on any atom is -0.372 e. The summed E-state index contributed by atoms with van der Waals surface area (Å²) < 4.78 is 0. The zero-order valence-electron chi connectivity index (χ0n) is 11.7. The number of thiophene rings is 1. The molecule has 0 saturated heterocycles. The van der Waals surface area contributed by atoms with Gasteiger partial charge in [0, 0.05) is 21.8 Å². The smallest absolute Gasteiger partial charge is 0.142 e. The van der Waals surface area contributed by atoms with Gasteiger partial charge in [-0.3, -0.25) is 0 Å². The summed E-state index contributed by atoms with van der Waals surface area (Å²) in [6, 6.07) is 9.96. The number of nitrogens with zero attached hydrogens (tertiary/aromatic N) is 2. The van der Waals surface area contributed by atoms with Gasteiger partial charge >= 0.3 is 0 Å². The summed E-state index contributed by atoms with van der Waals surface area (Å²) in [6.45, 7) is 2.09. The second kappa shape index (κ2) is 6.22. The van der Waals surface area contributed by atoms with E-state index in [1.54, 1.807) is 23.1 Å². The van der Waals surface area contributed by atoms with Gasteiger partial charge in [-0.1, -0.05) is 17.7 Å². The van der Waals surface area contributed by atoms with Gasteiger partial charge in [0.15, 0.2) is 0 Å². The molecular formula is C15H14ClN3S2. The highest BCUT2D eigenvalue weighted by Crippen LogP contribution is 2.30. The summed E-state index contributed by atoms with van der Waals surface area (Å²) in [5.74, 6) is 2.45. The topological polar surface area (TPSA) is 37.8 Å². The Hall–Kier alpha value is -1.30. The molecule has 3 nitrogen and oxygen atoms in total. The van der Waals surface area contributed by atoms with Crippen LogP contribution in [-0.4, -0.2) is 17.0 Å². The number of halogens is 1. The molecule has 108 valence electrons. The monoisotopic (exact) mass is 335 g/mol. The molecular weight excluding hydrogens is 322 g/mol. The fraction of sp³-hybridized carbons (Fsp3) is 0.200. The van der Waals surface area contributed by atoms with Crippen molar-refractivity contribution in [3.8, 4) is 0 Å². The quantitative estimate of drug-likeness (QED) is 0.682. The van der Waals surface area contributed by atoms with Gasteiger partial charge in [0.05, 0.1) is 11.1 Å². The van der Waals surface area contributed by atoms with E-state index in [-0.39, 0.29) is 0 Å².